The van der Waals surface area contributed by atoms with Gasteiger partial charge in [-0.3, -0.25) is 4.79 Å². The summed E-state index contributed by atoms with van der Waals surface area (Å²) in [7, 11) is 0. The van der Waals surface area contributed by atoms with Crippen LogP contribution in [0.1, 0.15) is 45.1 Å². The van der Waals surface area contributed by atoms with E-state index in [1.807, 2.05) is 13.8 Å². The third-order valence-corrected chi connectivity index (χ3v) is 3.49. The van der Waals surface area contributed by atoms with Crippen molar-refractivity contribution in [1.29, 1.82) is 0 Å². The van der Waals surface area contributed by atoms with Crippen LogP contribution in [0.4, 0.5) is 4.39 Å². The Morgan fingerprint density at radius 3 is 2.35 bits per heavy atom. The van der Waals surface area contributed by atoms with E-state index in [0.717, 1.165) is 5.56 Å². The van der Waals surface area contributed by atoms with E-state index in [4.69, 9.17) is 0 Å². The molecule has 0 aromatic heterocycles. The number of hydrogen-bond acceptors (Lipinski definition) is 1. The fourth-order valence-electron chi connectivity index (χ4n) is 1.97. The van der Waals surface area contributed by atoms with E-state index in [-0.39, 0.29) is 11.7 Å². The van der Waals surface area contributed by atoms with Crippen LogP contribution in [0.5, 0.6) is 0 Å². The first-order valence-corrected chi connectivity index (χ1v) is 5.88. The topological polar surface area (TPSA) is 37.3 Å². The zero-order valence-electron chi connectivity index (χ0n) is 10.5. The van der Waals surface area contributed by atoms with Gasteiger partial charge >= 0.3 is 5.97 Å². The van der Waals surface area contributed by atoms with Crippen molar-refractivity contribution in [3.63, 3.8) is 0 Å². The average Bonchev–Trinajstić information content (AvgIpc) is 2.29. The van der Waals surface area contributed by atoms with Gasteiger partial charge in [-0.05, 0) is 43.4 Å². The molecule has 1 aromatic carbocycles. The molecule has 3 heteroatoms. The third kappa shape index (κ3) is 3.29. The van der Waals surface area contributed by atoms with Gasteiger partial charge in [0.2, 0.25) is 0 Å². The summed E-state index contributed by atoms with van der Waals surface area (Å²) >= 11 is 0. The SMILES string of the molecule is CCC(C)(CC(C)c1ccc(F)cc1)C(=O)O. The average molecular weight is 238 g/mol. The number of benzene rings is 1. The first-order valence-electron chi connectivity index (χ1n) is 5.88. The first-order chi connectivity index (χ1) is 7.89. The van der Waals surface area contributed by atoms with Crippen molar-refractivity contribution in [2.75, 3.05) is 0 Å². The lowest BCUT2D eigenvalue weighted by molar-refractivity contribution is -0.148. The summed E-state index contributed by atoms with van der Waals surface area (Å²) in [5.74, 6) is -0.928. The first kappa shape index (κ1) is 13.7. The molecule has 1 N–H and O–H groups in total. The maximum Gasteiger partial charge on any atom is 0.309 e. The lowest BCUT2D eigenvalue weighted by Crippen LogP contribution is -2.28. The van der Waals surface area contributed by atoms with E-state index in [0.29, 0.717) is 12.8 Å². The molecule has 2 nitrogen and oxygen atoms in total. The maximum absolute atomic E-state index is 12.8. The van der Waals surface area contributed by atoms with Gasteiger partial charge < -0.3 is 5.11 Å². The van der Waals surface area contributed by atoms with Crippen LogP contribution in [0, 0.1) is 11.2 Å². The zero-order valence-corrected chi connectivity index (χ0v) is 10.5. The largest absolute Gasteiger partial charge is 0.481 e. The Balaban J connectivity index is 2.81. The monoisotopic (exact) mass is 238 g/mol. The number of aliphatic carboxylic acids is 1. The molecule has 0 heterocycles. The molecule has 17 heavy (non-hydrogen) atoms. The van der Waals surface area contributed by atoms with Crippen LogP contribution in [-0.4, -0.2) is 11.1 Å². The Morgan fingerprint density at radius 1 is 1.41 bits per heavy atom. The molecule has 0 fully saturated rings. The van der Waals surface area contributed by atoms with Crippen LogP contribution < -0.4 is 0 Å². The normalized spacial score (nSPS) is 16.2. The summed E-state index contributed by atoms with van der Waals surface area (Å²) in [5.41, 5.74) is 0.265. The van der Waals surface area contributed by atoms with Gasteiger partial charge in [0.25, 0.3) is 0 Å². The molecule has 1 rings (SSSR count). The lowest BCUT2D eigenvalue weighted by atomic mass is 9.77. The van der Waals surface area contributed by atoms with Crippen molar-refractivity contribution in [3.8, 4) is 0 Å². The quantitative estimate of drug-likeness (QED) is 0.846. The Labute approximate surface area is 101 Å². The zero-order chi connectivity index (χ0) is 13.1. The van der Waals surface area contributed by atoms with Crippen molar-refractivity contribution in [3.05, 3.63) is 35.6 Å². The van der Waals surface area contributed by atoms with Gasteiger partial charge in [0, 0.05) is 0 Å². The van der Waals surface area contributed by atoms with Crippen LogP contribution in [0.25, 0.3) is 0 Å². The summed E-state index contributed by atoms with van der Waals surface area (Å²) in [6.45, 7) is 5.62. The predicted molar refractivity (Wildman–Crippen MR) is 65.5 cm³/mol. The van der Waals surface area contributed by atoms with Gasteiger partial charge in [-0.25, -0.2) is 4.39 Å². The molecule has 0 aliphatic rings. The summed E-state index contributed by atoms with van der Waals surface area (Å²) in [6, 6.07) is 6.27. The molecule has 1 aromatic rings. The van der Waals surface area contributed by atoms with Crippen molar-refractivity contribution < 1.29 is 14.3 Å². The summed E-state index contributed by atoms with van der Waals surface area (Å²) < 4.78 is 12.8. The fourth-order valence-corrected chi connectivity index (χ4v) is 1.97. The van der Waals surface area contributed by atoms with E-state index in [9.17, 15) is 14.3 Å². The number of rotatable bonds is 5. The van der Waals surface area contributed by atoms with E-state index in [2.05, 4.69) is 0 Å². The highest BCUT2D eigenvalue weighted by Crippen LogP contribution is 2.34. The molecule has 0 bridgehead atoms. The minimum Gasteiger partial charge on any atom is -0.481 e. The number of carboxylic acids is 1. The molecule has 0 aliphatic heterocycles. The molecule has 0 saturated carbocycles. The smallest absolute Gasteiger partial charge is 0.309 e. The Bertz CT molecular complexity index is 386. The maximum atomic E-state index is 12.8. The second kappa shape index (κ2) is 5.30. The third-order valence-electron chi connectivity index (χ3n) is 3.49. The molecule has 0 radical (unpaired) electrons. The van der Waals surface area contributed by atoms with Crippen LogP contribution >= 0.6 is 0 Å². The van der Waals surface area contributed by atoms with Crippen LogP contribution in [0.3, 0.4) is 0 Å². The highest BCUT2D eigenvalue weighted by Gasteiger charge is 2.32. The minimum atomic E-state index is -0.769. The number of hydrogen-bond donors (Lipinski definition) is 1. The molecule has 2 unspecified atom stereocenters. The molecule has 0 amide bonds. The van der Waals surface area contributed by atoms with Crippen molar-refractivity contribution in [1.82, 2.24) is 0 Å². The van der Waals surface area contributed by atoms with E-state index >= 15 is 0 Å². The van der Waals surface area contributed by atoms with Crippen molar-refractivity contribution in [2.24, 2.45) is 5.41 Å². The van der Waals surface area contributed by atoms with Gasteiger partial charge in [0.15, 0.2) is 0 Å². The highest BCUT2D eigenvalue weighted by atomic mass is 19.1. The lowest BCUT2D eigenvalue weighted by Gasteiger charge is -2.26. The van der Waals surface area contributed by atoms with Crippen molar-refractivity contribution in [2.45, 2.75) is 39.5 Å². The van der Waals surface area contributed by atoms with Gasteiger partial charge in [-0.2, -0.15) is 0 Å². The van der Waals surface area contributed by atoms with Crippen LogP contribution in [-0.2, 0) is 4.79 Å². The molecular formula is C14H19FO2. The van der Waals surface area contributed by atoms with Crippen molar-refractivity contribution >= 4 is 5.97 Å². The van der Waals surface area contributed by atoms with E-state index < -0.39 is 11.4 Å². The molecule has 2 atom stereocenters. The molecule has 0 saturated heterocycles. The number of halogens is 1. The molecule has 0 aliphatic carbocycles. The standard InChI is InChI=1S/C14H19FO2/c1-4-14(3,13(16)17)9-10(2)11-5-7-12(15)8-6-11/h5-8,10H,4,9H2,1-3H3,(H,16,17). The second-order valence-electron chi connectivity index (χ2n) is 4.88. The van der Waals surface area contributed by atoms with Crippen LogP contribution in [0.15, 0.2) is 24.3 Å². The highest BCUT2D eigenvalue weighted by molar-refractivity contribution is 5.74. The predicted octanol–water partition coefficient (Wildman–Crippen LogP) is 3.82. The molecule has 94 valence electrons. The fraction of sp³-hybridized carbons (Fsp3) is 0.500. The van der Waals surface area contributed by atoms with Gasteiger partial charge in [0.1, 0.15) is 5.82 Å². The Kier molecular flexibility index (Phi) is 4.27. The van der Waals surface area contributed by atoms with E-state index in [1.54, 1.807) is 19.1 Å². The van der Waals surface area contributed by atoms with E-state index in [1.165, 1.54) is 12.1 Å². The molecular weight excluding hydrogens is 219 g/mol. The Morgan fingerprint density at radius 2 is 1.94 bits per heavy atom. The summed E-state index contributed by atoms with van der Waals surface area (Å²) in [6.07, 6.45) is 1.15. The number of carbonyl (C=O) groups is 1. The van der Waals surface area contributed by atoms with Gasteiger partial charge in [-0.15, -0.1) is 0 Å². The summed E-state index contributed by atoms with van der Waals surface area (Å²) in [4.78, 5) is 11.2. The second-order valence-corrected chi connectivity index (χ2v) is 4.88. The summed E-state index contributed by atoms with van der Waals surface area (Å²) in [5, 5.41) is 9.21. The Hall–Kier alpha value is -1.38. The number of carboxylic acid groups (broad SMARTS) is 1. The van der Waals surface area contributed by atoms with Crippen LogP contribution in [0.2, 0.25) is 0 Å². The van der Waals surface area contributed by atoms with Gasteiger partial charge in [0.05, 0.1) is 5.41 Å². The van der Waals surface area contributed by atoms with Gasteiger partial charge in [-0.1, -0.05) is 26.0 Å². The molecule has 0 spiro atoms. The minimum absolute atomic E-state index is 0.108.